The number of hydrogen-bond acceptors (Lipinski definition) is 9. The van der Waals surface area contributed by atoms with Gasteiger partial charge in [-0.25, -0.2) is 0 Å². The van der Waals surface area contributed by atoms with Crippen LogP contribution in [-0.2, 0) is 28.8 Å². The number of aliphatic carboxylic acids is 3. The van der Waals surface area contributed by atoms with Gasteiger partial charge in [0.05, 0.1) is 23.9 Å². The van der Waals surface area contributed by atoms with E-state index < -0.39 is 29.7 Å². The topological polar surface area (TPSA) is 268 Å². The predicted molar refractivity (Wildman–Crippen MR) is 259 cm³/mol. The van der Waals surface area contributed by atoms with Gasteiger partial charge in [0, 0.05) is 50.0 Å². The number of aliphatic hydroxyl groups is 1. The molecule has 2 saturated heterocycles. The third-order valence-corrected chi connectivity index (χ3v) is 11.2. The van der Waals surface area contributed by atoms with Crippen LogP contribution in [0, 0.1) is 29.6 Å². The molecule has 0 spiro atoms. The van der Waals surface area contributed by atoms with Gasteiger partial charge in [-0.3, -0.25) is 28.8 Å². The van der Waals surface area contributed by atoms with Crippen LogP contribution in [0.1, 0.15) is 201 Å². The van der Waals surface area contributed by atoms with E-state index in [0.717, 1.165) is 83.8 Å². The number of carbonyl (C=O) groups is 6. The highest BCUT2D eigenvalue weighted by Crippen LogP contribution is 2.16. The van der Waals surface area contributed by atoms with Crippen molar-refractivity contribution in [2.45, 2.75) is 225 Å². The molecular weight excluding hydrogens is 807 g/mol. The molecule has 2 rings (SSSR count). The molecule has 0 aromatic heterocycles. The fraction of sp³-hybridized carbons (Fsp3) is 0.875. The molecule has 2 fully saturated rings. The quantitative estimate of drug-likeness (QED) is 0.0815. The van der Waals surface area contributed by atoms with Crippen LogP contribution < -0.4 is 17.2 Å². The number of carboxylic acid groups (broad SMARTS) is 3. The molecule has 3 amide bonds. The Balaban J connectivity index is -0.000000151. The van der Waals surface area contributed by atoms with Crippen molar-refractivity contribution in [2.24, 2.45) is 46.8 Å². The second-order valence-corrected chi connectivity index (χ2v) is 17.0. The molecule has 15 nitrogen and oxygen atoms in total. The number of aliphatic hydroxyl groups excluding tert-OH is 1. The lowest BCUT2D eigenvalue weighted by Crippen LogP contribution is -2.41. The van der Waals surface area contributed by atoms with Crippen molar-refractivity contribution >= 4 is 35.6 Å². The van der Waals surface area contributed by atoms with Crippen LogP contribution in [0.5, 0.6) is 0 Å². The third kappa shape index (κ3) is 46.5. The Bertz CT molecular complexity index is 1090. The highest BCUT2D eigenvalue weighted by Gasteiger charge is 2.25. The SMILES string of the molecule is CC(C(=O)O)C(C)C(=O)O.CCC(C)C(=O)O.CCC(C)C(N)=O.CCC(C)CN.CCC(C)N.CCC(C)N1CCCCC1=O.CCC(C)N1CCCCCC1=O.CCC(C)O. The molecule has 0 bridgehead atoms. The molecule has 9 atom stereocenters. The van der Waals surface area contributed by atoms with Gasteiger partial charge in [-0.1, -0.05) is 95.9 Å². The molecule has 2 aliphatic rings. The number of primary amides is 1. The van der Waals surface area contributed by atoms with Crippen LogP contribution in [-0.4, -0.2) is 110 Å². The highest BCUT2D eigenvalue weighted by molar-refractivity contribution is 5.79. The Hall–Kier alpha value is -3.30. The fourth-order valence-electron chi connectivity index (χ4n) is 4.17. The number of likely N-dealkylation sites (tertiary alicyclic amines) is 2. The van der Waals surface area contributed by atoms with Crippen molar-refractivity contribution in [1.82, 2.24) is 9.80 Å². The number of carbonyl (C=O) groups excluding carboxylic acids is 3. The molecule has 10 N–H and O–H groups in total. The molecule has 0 aromatic carbocycles. The van der Waals surface area contributed by atoms with E-state index in [1.807, 2.05) is 44.4 Å². The zero-order valence-electron chi connectivity index (χ0n) is 43.1. The zero-order chi connectivity index (χ0) is 50.8. The predicted octanol–water partition coefficient (Wildman–Crippen LogP) is 8.56. The normalized spacial score (nSPS) is 17.3. The van der Waals surface area contributed by atoms with Gasteiger partial charge in [0.2, 0.25) is 17.7 Å². The molecule has 9 unspecified atom stereocenters. The van der Waals surface area contributed by atoms with Crippen molar-refractivity contribution in [3.63, 3.8) is 0 Å². The van der Waals surface area contributed by atoms with Crippen LogP contribution >= 0.6 is 0 Å². The van der Waals surface area contributed by atoms with E-state index in [2.05, 4.69) is 48.5 Å². The van der Waals surface area contributed by atoms with E-state index in [4.69, 9.17) is 37.6 Å². The number of nitrogens with two attached hydrogens (primary N) is 3. The minimum atomic E-state index is -1.07. The lowest BCUT2D eigenvalue weighted by molar-refractivity contribution is -0.152. The highest BCUT2D eigenvalue weighted by atomic mass is 16.4. The maximum atomic E-state index is 11.5. The van der Waals surface area contributed by atoms with Crippen LogP contribution in [0.4, 0.5) is 0 Å². The van der Waals surface area contributed by atoms with Gasteiger partial charge in [-0.05, 0) is 104 Å². The Labute approximate surface area is 385 Å². The largest absolute Gasteiger partial charge is 0.481 e. The van der Waals surface area contributed by atoms with Crippen molar-refractivity contribution in [2.75, 3.05) is 19.6 Å². The molecule has 15 heteroatoms. The summed E-state index contributed by atoms with van der Waals surface area (Å²) in [5.41, 5.74) is 15.5. The van der Waals surface area contributed by atoms with Gasteiger partial charge in [-0.15, -0.1) is 0 Å². The van der Waals surface area contributed by atoms with Crippen LogP contribution in [0.15, 0.2) is 0 Å². The first-order valence-corrected chi connectivity index (χ1v) is 23.9. The second kappa shape index (κ2) is 46.7. The first-order valence-electron chi connectivity index (χ1n) is 23.9. The van der Waals surface area contributed by atoms with Crippen molar-refractivity contribution in [3.05, 3.63) is 0 Å². The molecule has 0 aliphatic carbocycles. The monoisotopic (exact) mass is 908 g/mol. The first-order chi connectivity index (χ1) is 29.2. The molecule has 0 radical (unpaired) electrons. The molecule has 0 aromatic rings. The van der Waals surface area contributed by atoms with E-state index in [-0.39, 0.29) is 23.8 Å². The number of carboxylic acids is 3. The molecule has 378 valence electrons. The lowest BCUT2D eigenvalue weighted by atomic mass is 9.97. The summed E-state index contributed by atoms with van der Waals surface area (Å²) in [5, 5.41) is 33.2. The standard InChI is InChI=1S/C10H19NO.C9H17NO.C6H10O4.C5H11NO.C5H13N.C5H10O2.C4H11N.C4H10O/c1-3-9(2)11-8-6-4-5-7-10(11)12;1-3-8(2)10-7-5-4-6-9(10)11;1-3(5(7)8)4(2)6(9)10;1-3-4(2)5(6)7;1-3-5(2)4-6;1-3-4(2)5(6)7;2*1-3-4(2)5/h9H,3-8H2,1-2H3;8H,3-7H2,1-2H3;3-4H,1-2H3,(H,7,8)(H,9,10);4H,3H2,1-2H3,(H2,6,7);5H,3-4,6H2,1-2H3;4H,3H2,1-2H3,(H,6,7);4H,3,5H2,1-2H3;4-5H,3H2,1-2H3. The smallest absolute Gasteiger partial charge is 0.307 e. The zero-order valence-corrected chi connectivity index (χ0v) is 43.1. The summed E-state index contributed by atoms with van der Waals surface area (Å²) in [6, 6.07) is 1.27. The fourth-order valence-corrected chi connectivity index (χ4v) is 4.17. The van der Waals surface area contributed by atoms with Crippen molar-refractivity contribution in [3.8, 4) is 0 Å². The number of amides is 3. The number of hydrogen-bond donors (Lipinski definition) is 7. The van der Waals surface area contributed by atoms with Gasteiger partial charge in [-0.2, -0.15) is 0 Å². The Morgan fingerprint density at radius 3 is 1.05 bits per heavy atom. The summed E-state index contributed by atoms with van der Waals surface area (Å²) in [4.78, 5) is 67.4. The summed E-state index contributed by atoms with van der Waals surface area (Å²) in [6.07, 6.45) is 14.1. The maximum Gasteiger partial charge on any atom is 0.307 e. The summed E-state index contributed by atoms with van der Waals surface area (Å²) >= 11 is 0. The molecule has 2 heterocycles. The van der Waals surface area contributed by atoms with E-state index in [1.54, 1.807) is 13.8 Å². The van der Waals surface area contributed by atoms with Gasteiger partial charge in [0.15, 0.2) is 0 Å². The first kappa shape index (κ1) is 71.3. The van der Waals surface area contributed by atoms with E-state index >= 15 is 0 Å². The molecule has 63 heavy (non-hydrogen) atoms. The summed E-state index contributed by atoms with van der Waals surface area (Å²) in [6.45, 7) is 33.5. The van der Waals surface area contributed by atoms with Crippen LogP contribution in [0.3, 0.4) is 0 Å². The Morgan fingerprint density at radius 2 is 0.873 bits per heavy atom. The van der Waals surface area contributed by atoms with Gasteiger partial charge in [0.1, 0.15) is 0 Å². The third-order valence-electron chi connectivity index (χ3n) is 11.2. The van der Waals surface area contributed by atoms with Gasteiger partial charge < -0.3 is 47.4 Å². The Morgan fingerprint density at radius 1 is 0.540 bits per heavy atom. The molecular formula is C48H101N5O10. The molecule has 0 saturated carbocycles. The minimum Gasteiger partial charge on any atom is -0.481 e. The Kier molecular flexibility index (Phi) is 52.9. The average Bonchev–Trinajstić information content (AvgIpc) is 3.49. The van der Waals surface area contributed by atoms with E-state index in [9.17, 15) is 28.8 Å². The van der Waals surface area contributed by atoms with Crippen LogP contribution in [0.25, 0.3) is 0 Å². The molecule has 2 aliphatic heterocycles. The van der Waals surface area contributed by atoms with Crippen molar-refractivity contribution < 1.29 is 49.2 Å². The number of piperidine rings is 1. The number of nitrogens with zero attached hydrogens (tertiary/aromatic N) is 2. The number of rotatable bonds is 15. The van der Waals surface area contributed by atoms with Crippen molar-refractivity contribution in [1.29, 1.82) is 0 Å². The van der Waals surface area contributed by atoms with E-state index in [0.29, 0.717) is 35.9 Å². The lowest BCUT2D eigenvalue weighted by Gasteiger charge is -2.31. The summed E-state index contributed by atoms with van der Waals surface area (Å²) in [7, 11) is 0. The van der Waals surface area contributed by atoms with Gasteiger partial charge in [0.25, 0.3) is 0 Å². The average molecular weight is 908 g/mol. The minimum absolute atomic E-state index is 0.0417. The summed E-state index contributed by atoms with van der Waals surface area (Å²) in [5.74, 6) is -3.41. The summed E-state index contributed by atoms with van der Waals surface area (Å²) < 4.78 is 0. The maximum absolute atomic E-state index is 11.5. The van der Waals surface area contributed by atoms with E-state index in [1.165, 1.54) is 39.5 Å². The van der Waals surface area contributed by atoms with Crippen LogP contribution in [0.2, 0.25) is 0 Å². The second-order valence-electron chi connectivity index (χ2n) is 17.0. The van der Waals surface area contributed by atoms with Gasteiger partial charge >= 0.3 is 17.9 Å².